The van der Waals surface area contributed by atoms with E-state index in [0.29, 0.717) is 68.7 Å². The summed E-state index contributed by atoms with van der Waals surface area (Å²) < 4.78 is 36.9. The van der Waals surface area contributed by atoms with Crippen molar-refractivity contribution in [3.63, 3.8) is 0 Å². The topological polar surface area (TPSA) is 189 Å². The minimum Gasteiger partial charge on any atom is -0.497 e. The molecule has 1 fully saturated rings. The maximum Gasteiger partial charge on any atom is 0.244 e. The molecule has 1 aliphatic rings. The van der Waals surface area contributed by atoms with Crippen LogP contribution in [0.3, 0.4) is 0 Å². The largest absolute Gasteiger partial charge is 0.497 e. The summed E-state index contributed by atoms with van der Waals surface area (Å²) >= 11 is 12.3. The molecule has 20 heteroatoms. The van der Waals surface area contributed by atoms with E-state index in [4.69, 9.17) is 27.9 Å². The molecule has 0 atom stereocenters. The second-order valence-corrected chi connectivity index (χ2v) is 23.8. The number of amides is 3. The molecule has 0 saturated heterocycles. The Morgan fingerprint density at radius 3 is 1.40 bits per heavy atom. The van der Waals surface area contributed by atoms with E-state index in [0.717, 1.165) is 58.9 Å². The van der Waals surface area contributed by atoms with Gasteiger partial charge in [-0.2, -0.15) is 0 Å². The predicted molar refractivity (Wildman–Crippen MR) is 302 cm³/mol. The van der Waals surface area contributed by atoms with Crippen LogP contribution >= 0.6 is 23.2 Å². The van der Waals surface area contributed by atoms with Gasteiger partial charge in [0.15, 0.2) is 16.9 Å². The van der Waals surface area contributed by atoms with Crippen LogP contribution in [-0.2, 0) is 19.9 Å². The van der Waals surface area contributed by atoms with Gasteiger partial charge in [0, 0.05) is 57.3 Å². The number of carbonyl (C=O) groups excluding carboxylic acids is 3. The molecule has 0 radical (unpaired) electrons. The average Bonchev–Trinajstić information content (AvgIpc) is 4.05. The molecule has 408 valence electrons. The minimum absolute atomic E-state index is 0.0701. The number of carbonyl (C=O) groups is 3. The lowest BCUT2D eigenvalue weighted by Crippen LogP contribution is -2.39. The number of methoxy groups -OCH3 is 1. The number of hydrogen-bond donors (Lipinski definition) is 3. The van der Waals surface area contributed by atoms with Crippen LogP contribution in [0.5, 0.6) is 5.75 Å². The van der Waals surface area contributed by atoms with Crippen LogP contribution in [0.2, 0.25) is 10.0 Å². The third kappa shape index (κ3) is 14.3. The summed E-state index contributed by atoms with van der Waals surface area (Å²) in [5, 5.41) is 9.58. The molecular weight excluding hydrogens is 1030 g/mol. The summed E-state index contributed by atoms with van der Waals surface area (Å²) in [4.78, 5) is 64.6. The Bertz CT molecular complexity index is 3440. The maximum atomic E-state index is 13.0. The zero-order valence-electron chi connectivity index (χ0n) is 46.0. The van der Waals surface area contributed by atoms with Gasteiger partial charge < -0.3 is 4.74 Å². The molecule has 0 spiro atoms. The third-order valence-electron chi connectivity index (χ3n) is 12.7. The molecule has 1 saturated carbocycles. The number of fused-ring (bicyclic) bond motifs is 3. The van der Waals surface area contributed by atoms with Crippen LogP contribution in [0.25, 0.3) is 44.9 Å². The fourth-order valence-corrected chi connectivity index (χ4v) is 9.19. The SMILES string of the molecule is COc1ccc(-n2c(NC(=O)CC(C)(C)C)nc3ccc(C)nc32)cc1.Cc1ccc2nc(NC(=O)CC(C)(C)C(F)F)n(C3(C)CCC3)c2n1.Cc1ccc2nc(NC(=O)CC(C)(C)C)n(-c3cc(Cl)cc(Cl)c3)c2n1. The highest BCUT2D eigenvalue weighted by molar-refractivity contribution is 6.35. The van der Waals surface area contributed by atoms with Gasteiger partial charge in [0.2, 0.25) is 42.0 Å². The van der Waals surface area contributed by atoms with E-state index < -0.39 is 17.7 Å². The highest BCUT2D eigenvalue weighted by Crippen LogP contribution is 2.43. The molecule has 6 aromatic heterocycles. The summed E-state index contributed by atoms with van der Waals surface area (Å²) in [7, 11) is 1.63. The van der Waals surface area contributed by atoms with Crippen LogP contribution in [0, 0.1) is 37.0 Å². The van der Waals surface area contributed by atoms with E-state index >= 15 is 0 Å². The number of nitrogens with one attached hydrogen (secondary N) is 3. The fourth-order valence-electron chi connectivity index (χ4n) is 8.68. The van der Waals surface area contributed by atoms with E-state index in [-0.39, 0.29) is 34.6 Å². The smallest absolute Gasteiger partial charge is 0.244 e. The van der Waals surface area contributed by atoms with Crippen LogP contribution in [0.15, 0.2) is 78.9 Å². The van der Waals surface area contributed by atoms with Gasteiger partial charge in [-0.15, -0.1) is 0 Å². The zero-order valence-corrected chi connectivity index (χ0v) is 47.5. The van der Waals surface area contributed by atoms with Crippen molar-refractivity contribution in [2.75, 3.05) is 23.1 Å². The zero-order chi connectivity index (χ0) is 56.4. The van der Waals surface area contributed by atoms with Crippen LogP contribution in [0.4, 0.5) is 26.6 Å². The molecule has 3 N–H and O–H groups in total. The number of imidazole rings is 3. The lowest BCUT2D eigenvalue weighted by atomic mass is 9.78. The number of halogens is 4. The Hall–Kier alpha value is -7.05. The van der Waals surface area contributed by atoms with Gasteiger partial charge in [-0.3, -0.25) is 44.0 Å². The predicted octanol–water partition coefficient (Wildman–Crippen LogP) is 13.8. The summed E-state index contributed by atoms with van der Waals surface area (Å²) in [6, 6.07) is 24.1. The number of aryl methyl sites for hydroxylation is 3. The Morgan fingerprint density at radius 1 is 0.584 bits per heavy atom. The Morgan fingerprint density at radius 2 is 0.987 bits per heavy atom. The first kappa shape index (κ1) is 57.7. The highest BCUT2D eigenvalue weighted by atomic mass is 35.5. The number of ether oxygens (including phenoxy) is 1. The fraction of sp³-hybridized carbons (Fsp3) is 0.421. The van der Waals surface area contributed by atoms with Crippen molar-refractivity contribution in [2.45, 2.75) is 134 Å². The first-order valence-corrected chi connectivity index (χ1v) is 26.1. The number of aromatic nitrogens is 9. The second kappa shape index (κ2) is 22.9. The molecular formula is C57H68Cl2F2N12O4. The molecule has 0 unspecified atom stereocenters. The molecule has 1 aliphatic carbocycles. The normalized spacial score (nSPS) is 13.4. The van der Waals surface area contributed by atoms with E-state index in [1.54, 1.807) is 29.9 Å². The lowest BCUT2D eigenvalue weighted by Gasteiger charge is -2.40. The molecule has 2 aromatic carbocycles. The highest BCUT2D eigenvalue weighted by Gasteiger charge is 2.39. The monoisotopic (exact) mass is 1090 g/mol. The number of anilines is 3. The van der Waals surface area contributed by atoms with Crippen LogP contribution in [0.1, 0.15) is 118 Å². The number of benzene rings is 2. The summed E-state index contributed by atoms with van der Waals surface area (Å²) in [6.07, 6.45) is 0.999. The standard InChI is InChI=1S/C20H24N4O2.C19H20Cl2N4O.C18H24F2N4O/c1-13-6-11-16-18(21-13)24(14-7-9-15(26-5)10-8-14)19(22-16)23-17(25)12-20(2,3)4;1-11-5-6-15-17(22-11)25(14-8-12(20)7-13(21)9-14)18(23-15)24-16(26)10-19(2,3)4;1-11-6-7-12-14(21-11)24(18(4)8-5-9-18)16(22-12)23-13(25)10-17(2,3)15(19)20/h6-11H,12H2,1-5H3,(H,22,23,25);5-9H,10H2,1-4H3,(H,23,24,26);6-7,15H,5,8-10H2,1-4H3,(H,22,23,25). The van der Waals surface area contributed by atoms with Crippen LogP contribution < -0.4 is 20.7 Å². The number of alkyl halides is 2. The number of pyridine rings is 3. The average molecular weight is 1090 g/mol. The number of rotatable bonds is 12. The number of nitrogens with zero attached hydrogens (tertiary/aromatic N) is 9. The van der Waals surface area contributed by atoms with E-state index in [1.807, 2.05) is 132 Å². The van der Waals surface area contributed by atoms with Gasteiger partial charge in [-0.1, -0.05) is 78.6 Å². The summed E-state index contributed by atoms with van der Waals surface area (Å²) in [5.74, 6) is 1.38. The molecule has 0 aliphatic heterocycles. The van der Waals surface area contributed by atoms with Crippen molar-refractivity contribution in [1.29, 1.82) is 0 Å². The summed E-state index contributed by atoms with van der Waals surface area (Å²) in [5.41, 5.74) is 6.56. The molecule has 9 rings (SSSR count). The van der Waals surface area contributed by atoms with E-state index in [2.05, 4.69) is 52.8 Å². The third-order valence-corrected chi connectivity index (χ3v) is 13.1. The van der Waals surface area contributed by atoms with Gasteiger partial charge in [-0.25, -0.2) is 38.7 Å². The quantitative estimate of drug-likeness (QED) is 0.106. The van der Waals surface area contributed by atoms with E-state index in [1.165, 1.54) is 13.8 Å². The van der Waals surface area contributed by atoms with E-state index in [9.17, 15) is 23.2 Å². The van der Waals surface area contributed by atoms with Gasteiger partial charge >= 0.3 is 0 Å². The van der Waals surface area contributed by atoms with Crippen molar-refractivity contribution in [1.82, 2.24) is 43.6 Å². The van der Waals surface area contributed by atoms with Gasteiger partial charge in [0.05, 0.1) is 18.5 Å². The van der Waals surface area contributed by atoms with Crippen molar-refractivity contribution >= 4 is 92.3 Å². The lowest BCUT2D eigenvalue weighted by molar-refractivity contribution is -0.121. The van der Waals surface area contributed by atoms with Gasteiger partial charge in [-0.05, 0) is 137 Å². The minimum atomic E-state index is -2.56. The van der Waals surface area contributed by atoms with Crippen LogP contribution in [-0.4, -0.2) is 74.9 Å². The van der Waals surface area contributed by atoms with Crippen molar-refractivity contribution < 1.29 is 27.9 Å². The summed E-state index contributed by atoms with van der Waals surface area (Å²) in [6.45, 7) is 22.8. The van der Waals surface area contributed by atoms with Crippen molar-refractivity contribution in [3.8, 4) is 17.1 Å². The molecule has 3 amide bonds. The number of hydrogen-bond acceptors (Lipinski definition) is 10. The van der Waals surface area contributed by atoms with Crippen molar-refractivity contribution in [3.05, 3.63) is 106 Å². The van der Waals surface area contributed by atoms with Gasteiger partial charge in [0.25, 0.3) is 0 Å². The first-order valence-electron chi connectivity index (χ1n) is 25.4. The molecule has 8 aromatic rings. The Kier molecular flexibility index (Phi) is 17.1. The molecule has 0 bridgehead atoms. The Balaban J connectivity index is 0.000000168. The molecule has 16 nitrogen and oxygen atoms in total. The first-order chi connectivity index (χ1) is 36.0. The maximum absolute atomic E-state index is 13.0. The van der Waals surface area contributed by atoms with Gasteiger partial charge in [0.1, 0.15) is 22.3 Å². The molecule has 77 heavy (non-hydrogen) atoms. The Labute approximate surface area is 457 Å². The second-order valence-electron chi connectivity index (χ2n) is 23.0. The van der Waals surface area contributed by atoms with Crippen molar-refractivity contribution in [2.24, 2.45) is 16.2 Å². The molecule has 6 heterocycles.